The predicted molar refractivity (Wildman–Crippen MR) is 62.6 cm³/mol. The van der Waals surface area contributed by atoms with Crippen molar-refractivity contribution in [3.63, 3.8) is 0 Å². The van der Waals surface area contributed by atoms with E-state index >= 15 is 0 Å². The normalized spacial score (nSPS) is 12.0. The van der Waals surface area contributed by atoms with Gasteiger partial charge in [0.1, 0.15) is 0 Å². The lowest BCUT2D eigenvalue weighted by Gasteiger charge is -1.92. The van der Waals surface area contributed by atoms with Gasteiger partial charge in [-0.15, -0.1) is 27.8 Å². The zero-order valence-electron chi connectivity index (χ0n) is 7.43. The molecule has 1 aromatic carbocycles. The molecule has 0 radical (unpaired) electrons. The van der Waals surface area contributed by atoms with Crippen molar-refractivity contribution < 1.29 is 4.52 Å². The monoisotopic (exact) mass is 232 g/mol. The second-order valence-corrected chi connectivity index (χ2v) is 5.11. The minimum absolute atomic E-state index is 0.807. The lowest BCUT2D eigenvalue weighted by atomic mass is 10.2. The fourth-order valence-corrected chi connectivity index (χ4v) is 3.76. The van der Waals surface area contributed by atoms with Gasteiger partial charge in [0.25, 0.3) is 0 Å². The summed E-state index contributed by atoms with van der Waals surface area (Å²) in [4.78, 5) is 0. The molecule has 0 N–H and O–H groups in total. The quantitative estimate of drug-likeness (QED) is 0.464. The summed E-state index contributed by atoms with van der Waals surface area (Å²) in [5, 5.41) is 14.2. The smallest absolute Gasteiger partial charge is 0.197 e. The molecule has 0 saturated heterocycles. The van der Waals surface area contributed by atoms with Crippen LogP contribution in [0.15, 0.2) is 27.4 Å². The molecule has 0 aliphatic heterocycles. The van der Waals surface area contributed by atoms with E-state index in [1.165, 1.54) is 14.8 Å². The highest BCUT2D eigenvalue weighted by molar-refractivity contribution is 7.21. The average molecular weight is 232 g/mol. The van der Waals surface area contributed by atoms with Crippen LogP contribution in [0.4, 0.5) is 0 Å². The van der Waals surface area contributed by atoms with Crippen LogP contribution < -0.4 is 0 Å². The highest BCUT2D eigenvalue weighted by Gasteiger charge is 2.14. The lowest BCUT2D eigenvalue weighted by molar-refractivity contribution is 0.426. The number of thiophene rings is 2. The molecule has 0 aliphatic rings. The Labute approximate surface area is 91.9 Å². The van der Waals surface area contributed by atoms with E-state index in [4.69, 9.17) is 4.52 Å². The molecule has 0 saturated carbocycles. The summed E-state index contributed by atoms with van der Waals surface area (Å²) in [6, 6.07) is 4.19. The molecule has 72 valence electrons. The van der Waals surface area contributed by atoms with Crippen LogP contribution in [0.2, 0.25) is 0 Å². The third kappa shape index (κ3) is 0.848. The molecule has 0 aliphatic carbocycles. The number of aromatic nitrogens is 2. The van der Waals surface area contributed by atoms with Gasteiger partial charge < -0.3 is 4.52 Å². The van der Waals surface area contributed by atoms with Gasteiger partial charge in [0, 0.05) is 20.7 Å². The van der Waals surface area contributed by atoms with Crippen LogP contribution in [0.3, 0.4) is 0 Å². The highest BCUT2D eigenvalue weighted by Crippen LogP contribution is 2.39. The SMILES string of the molecule is c1cc2c3onnc3c3sccc3c2s1. The fourth-order valence-electron chi connectivity index (χ4n) is 1.88. The first-order valence-corrected chi connectivity index (χ1v) is 6.19. The van der Waals surface area contributed by atoms with Crippen LogP contribution in [0, 0.1) is 0 Å². The number of hydrogen-bond acceptors (Lipinski definition) is 5. The van der Waals surface area contributed by atoms with Gasteiger partial charge in [0.15, 0.2) is 11.1 Å². The third-order valence-corrected chi connectivity index (χ3v) is 4.39. The maximum absolute atomic E-state index is 5.22. The Morgan fingerprint density at radius 2 is 1.80 bits per heavy atom. The molecule has 3 aromatic heterocycles. The molecule has 15 heavy (non-hydrogen) atoms. The lowest BCUT2D eigenvalue weighted by Crippen LogP contribution is -1.71. The van der Waals surface area contributed by atoms with Gasteiger partial charge in [-0.25, -0.2) is 0 Å². The minimum atomic E-state index is 0.807. The minimum Gasteiger partial charge on any atom is -0.336 e. The maximum Gasteiger partial charge on any atom is 0.197 e. The summed E-state index contributed by atoms with van der Waals surface area (Å²) < 4.78 is 7.65. The van der Waals surface area contributed by atoms with Crippen molar-refractivity contribution in [2.45, 2.75) is 0 Å². The number of fused-ring (bicyclic) bond motifs is 6. The number of hydrogen-bond donors (Lipinski definition) is 0. The van der Waals surface area contributed by atoms with Crippen molar-refractivity contribution in [1.82, 2.24) is 10.4 Å². The maximum atomic E-state index is 5.22. The van der Waals surface area contributed by atoms with E-state index < -0.39 is 0 Å². The van der Waals surface area contributed by atoms with Gasteiger partial charge in [0.05, 0.1) is 4.70 Å². The summed E-state index contributed by atoms with van der Waals surface area (Å²) in [7, 11) is 0. The number of rotatable bonds is 0. The van der Waals surface area contributed by atoms with Crippen LogP contribution in [0.5, 0.6) is 0 Å². The fraction of sp³-hybridized carbons (Fsp3) is 0. The summed E-state index contributed by atoms with van der Waals surface area (Å²) in [6.45, 7) is 0. The highest BCUT2D eigenvalue weighted by atomic mass is 32.1. The Hall–Kier alpha value is -1.46. The molecule has 0 amide bonds. The zero-order valence-corrected chi connectivity index (χ0v) is 9.06. The predicted octanol–water partition coefficient (Wildman–Crippen LogP) is 3.65. The molecule has 3 heterocycles. The van der Waals surface area contributed by atoms with Crippen molar-refractivity contribution in [3.8, 4) is 0 Å². The first-order chi connectivity index (χ1) is 7.45. The Kier molecular flexibility index (Phi) is 1.33. The molecule has 0 atom stereocenters. The molecule has 0 spiro atoms. The van der Waals surface area contributed by atoms with E-state index in [0.717, 1.165) is 16.5 Å². The van der Waals surface area contributed by atoms with Crippen LogP contribution in [0.25, 0.3) is 31.3 Å². The Morgan fingerprint density at radius 3 is 2.73 bits per heavy atom. The molecule has 0 unspecified atom stereocenters. The topological polar surface area (TPSA) is 38.9 Å². The second-order valence-electron chi connectivity index (χ2n) is 3.28. The van der Waals surface area contributed by atoms with Crippen molar-refractivity contribution in [1.29, 1.82) is 0 Å². The van der Waals surface area contributed by atoms with Crippen molar-refractivity contribution in [2.75, 3.05) is 0 Å². The van der Waals surface area contributed by atoms with Crippen molar-refractivity contribution >= 4 is 53.9 Å². The number of nitrogens with zero attached hydrogens (tertiary/aromatic N) is 2. The molecular formula is C10H4N2OS2. The standard InChI is InChI=1S/C10H4N2OS2/c1-3-14-9-5(1)8-7(11-12-13-8)10-6(9)2-4-15-10/h1-4H. The van der Waals surface area contributed by atoms with E-state index in [1.807, 2.05) is 0 Å². The molecule has 3 nitrogen and oxygen atoms in total. The van der Waals surface area contributed by atoms with E-state index in [-0.39, 0.29) is 0 Å². The summed E-state index contributed by atoms with van der Waals surface area (Å²) in [5.41, 5.74) is 1.69. The second kappa shape index (κ2) is 2.56. The van der Waals surface area contributed by atoms with Crippen molar-refractivity contribution in [2.24, 2.45) is 0 Å². The van der Waals surface area contributed by atoms with Crippen LogP contribution >= 0.6 is 22.7 Å². The van der Waals surface area contributed by atoms with Gasteiger partial charge in [-0.3, -0.25) is 0 Å². The van der Waals surface area contributed by atoms with E-state index in [9.17, 15) is 0 Å². The van der Waals surface area contributed by atoms with Crippen LogP contribution in [-0.4, -0.2) is 10.4 Å². The Morgan fingerprint density at radius 1 is 1.00 bits per heavy atom. The molecule has 0 bridgehead atoms. The first kappa shape index (κ1) is 7.78. The van der Waals surface area contributed by atoms with E-state index in [2.05, 4.69) is 33.3 Å². The van der Waals surface area contributed by atoms with E-state index in [0.29, 0.717) is 0 Å². The van der Waals surface area contributed by atoms with Crippen molar-refractivity contribution in [3.05, 3.63) is 22.9 Å². The summed E-state index contributed by atoms with van der Waals surface area (Å²) in [6.07, 6.45) is 0. The largest absolute Gasteiger partial charge is 0.336 e. The molecular weight excluding hydrogens is 228 g/mol. The van der Waals surface area contributed by atoms with Crippen LogP contribution in [-0.2, 0) is 0 Å². The summed E-state index contributed by atoms with van der Waals surface area (Å²) >= 11 is 3.41. The van der Waals surface area contributed by atoms with Gasteiger partial charge >= 0.3 is 0 Å². The zero-order chi connectivity index (χ0) is 9.83. The Balaban J connectivity index is 2.56. The molecule has 5 heteroatoms. The first-order valence-electron chi connectivity index (χ1n) is 4.43. The van der Waals surface area contributed by atoms with Crippen LogP contribution in [0.1, 0.15) is 0 Å². The molecule has 0 fully saturated rings. The van der Waals surface area contributed by atoms with Gasteiger partial charge in [0.2, 0.25) is 0 Å². The third-order valence-electron chi connectivity index (χ3n) is 2.52. The van der Waals surface area contributed by atoms with Gasteiger partial charge in [-0.05, 0) is 22.9 Å². The molecule has 4 rings (SSSR count). The van der Waals surface area contributed by atoms with E-state index in [1.54, 1.807) is 22.7 Å². The van der Waals surface area contributed by atoms with Gasteiger partial charge in [-0.1, -0.05) is 0 Å². The Bertz CT molecular complexity index is 585. The molecule has 4 aromatic rings. The van der Waals surface area contributed by atoms with Gasteiger partial charge in [-0.2, -0.15) is 0 Å². The number of benzene rings is 1. The summed E-state index contributed by atoms with van der Waals surface area (Å²) in [5.74, 6) is 0. The average Bonchev–Trinajstić information content (AvgIpc) is 2.97.